The topological polar surface area (TPSA) is 67.6 Å². The van der Waals surface area contributed by atoms with Gasteiger partial charge < -0.3 is 20.7 Å². The number of amides is 1. The average molecular weight is 308 g/mol. The van der Waals surface area contributed by atoms with Crippen LogP contribution >= 0.6 is 12.4 Å². The molecule has 20 heavy (non-hydrogen) atoms. The van der Waals surface area contributed by atoms with Gasteiger partial charge in [0.15, 0.2) is 0 Å². The van der Waals surface area contributed by atoms with Crippen molar-refractivity contribution in [1.82, 2.24) is 10.2 Å². The maximum atomic E-state index is 11.8. The van der Waals surface area contributed by atoms with Crippen molar-refractivity contribution in [3.8, 4) is 0 Å². The Hall–Kier alpha value is -0.360. The van der Waals surface area contributed by atoms with Crippen LogP contribution in [0.3, 0.4) is 0 Å². The summed E-state index contributed by atoms with van der Waals surface area (Å²) in [5.41, 5.74) is 6.04. The summed E-state index contributed by atoms with van der Waals surface area (Å²) in [7, 11) is 4.02. The predicted octanol–water partition coefficient (Wildman–Crippen LogP) is 1.01. The summed E-state index contributed by atoms with van der Waals surface area (Å²) in [5.74, 6) is 0.474. The van der Waals surface area contributed by atoms with E-state index < -0.39 is 0 Å². The van der Waals surface area contributed by atoms with Crippen LogP contribution in [0.4, 0.5) is 0 Å². The van der Waals surface area contributed by atoms with Crippen molar-refractivity contribution in [2.45, 2.75) is 38.1 Å². The zero-order valence-corrected chi connectivity index (χ0v) is 13.6. The maximum absolute atomic E-state index is 11.8. The molecule has 0 saturated heterocycles. The Bertz CT molecular complexity index is 265. The molecule has 5 nitrogen and oxygen atoms in total. The van der Waals surface area contributed by atoms with Gasteiger partial charge in [0.2, 0.25) is 5.91 Å². The van der Waals surface area contributed by atoms with Crippen LogP contribution in [0.15, 0.2) is 0 Å². The van der Waals surface area contributed by atoms with Crippen molar-refractivity contribution in [2.24, 2.45) is 11.7 Å². The minimum Gasteiger partial charge on any atom is -0.378 e. The van der Waals surface area contributed by atoms with Crippen LogP contribution in [0.5, 0.6) is 0 Å². The summed E-state index contributed by atoms with van der Waals surface area (Å²) in [5, 5.41) is 2.91. The molecule has 2 atom stereocenters. The van der Waals surface area contributed by atoms with Crippen LogP contribution in [-0.4, -0.2) is 57.2 Å². The number of rotatable bonds is 8. The second-order valence-electron chi connectivity index (χ2n) is 5.68. The fraction of sp³-hybridized carbons (Fsp3) is 0.929. The molecule has 0 aromatic rings. The first-order valence-corrected chi connectivity index (χ1v) is 7.34. The first-order chi connectivity index (χ1) is 9.09. The van der Waals surface area contributed by atoms with Crippen molar-refractivity contribution in [3.63, 3.8) is 0 Å². The van der Waals surface area contributed by atoms with Gasteiger partial charge in [0, 0.05) is 25.6 Å². The van der Waals surface area contributed by atoms with Crippen LogP contribution in [-0.2, 0) is 9.53 Å². The molecule has 1 fully saturated rings. The predicted molar refractivity (Wildman–Crippen MR) is 84.2 cm³/mol. The highest BCUT2D eigenvalue weighted by molar-refractivity contribution is 5.85. The number of hydrogen-bond donors (Lipinski definition) is 2. The lowest BCUT2D eigenvalue weighted by molar-refractivity contribution is -0.122. The van der Waals surface area contributed by atoms with Gasteiger partial charge in [0.05, 0.1) is 13.2 Å². The lowest BCUT2D eigenvalue weighted by atomic mass is 9.83. The van der Waals surface area contributed by atoms with Crippen molar-refractivity contribution in [3.05, 3.63) is 0 Å². The monoisotopic (exact) mass is 307 g/mol. The molecule has 1 aliphatic carbocycles. The quantitative estimate of drug-likeness (QED) is 0.657. The Morgan fingerprint density at radius 1 is 1.30 bits per heavy atom. The number of ether oxygens (including phenoxy) is 1. The third-order valence-electron chi connectivity index (χ3n) is 3.67. The number of carbonyl (C=O) groups is 1. The number of hydrogen-bond acceptors (Lipinski definition) is 4. The number of halogens is 1. The van der Waals surface area contributed by atoms with Gasteiger partial charge in [-0.25, -0.2) is 0 Å². The normalized spacial score (nSPS) is 22.4. The molecule has 0 aliphatic heterocycles. The summed E-state index contributed by atoms with van der Waals surface area (Å²) >= 11 is 0. The van der Waals surface area contributed by atoms with E-state index in [4.69, 9.17) is 10.5 Å². The largest absolute Gasteiger partial charge is 0.378 e. The van der Waals surface area contributed by atoms with Crippen molar-refractivity contribution in [2.75, 3.05) is 40.4 Å². The zero-order chi connectivity index (χ0) is 14.1. The number of nitrogens with one attached hydrogen (secondary N) is 1. The number of nitrogens with two attached hydrogens (primary N) is 1. The highest BCUT2D eigenvalue weighted by Gasteiger charge is 2.23. The molecule has 3 N–H and O–H groups in total. The highest BCUT2D eigenvalue weighted by atomic mass is 35.5. The summed E-state index contributed by atoms with van der Waals surface area (Å²) in [6.45, 7) is 2.78. The molecule has 1 saturated carbocycles. The van der Waals surface area contributed by atoms with Crippen LogP contribution in [0.1, 0.15) is 32.1 Å². The molecule has 120 valence electrons. The van der Waals surface area contributed by atoms with Crippen LogP contribution in [0, 0.1) is 5.92 Å². The fourth-order valence-electron chi connectivity index (χ4n) is 2.41. The van der Waals surface area contributed by atoms with E-state index in [9.17, 15) is 4.79 Å². The fourth-order valence-corrected chi connectivity index (χ4v) is 2.41. The minimum atomic E-state index is 0. The van der Waals surface area contributed by atoms with Gasteiger partial charge >= 0.3 is 0 Å². The van der Waals surface area contributed by atoms with Gasteiger partial charge in [0.25, 0.3) is 0 Å². The molecule has 1 amide bonds. The molecule has 0 aromatic carbocycles. The summed E-state index contributed by atoms with van der Waals surface area (Å²) < 4.78 is 5.42. The number of nitrogens with zero attached hydrogens (tertiary/aromatic N) is 1. The third kappa shape index (κ3) is 8.74. The average Bonchev–Trinajstić information content (AvgIpc) is 2.36. The Morgan fingerprint density at radius 3 is 2.65 bits per heavy atom. The van der Waals surface area contributed by atoms with E-state index in [0.717, 1.165) is 19.4 Å². The first kappa shape index (κ1) is 19.6. The van der Waals surface area contributed by atoms with E-state index in [2.05, 4.69) is 10.2 Å². The van der Waals surface area contributed by atoms with E-state index in [1.165, 1.54) is 12.8 Å². The maximum Gasteiger partial charge on any atom is 0.220 e. The Kier molecular flexibility index (Phi) is 11.1. The van der Waals surface area contributed by atoms with E-state index in [1.54, 1.807) is 0 Å². The molecular weight excluding hydrogens is 278 g/mol. The number of carbonyl (C=O) groups excluding carboxylic acids is 1. The van der Waals surface area contributed by atoms with Gasteiger partial charge in [-0.15, -0.1) is 12.4 Å². The molecule has 1 aliphatic rings. The van der Waals surface area contributed by atoms with Gasteiger partial charge in [-0.05, 0) is 32.9 Å². The SMILES string of the molecule is CN(C)CCOCCNC(=O)CC1CCCCC1N.Cl. The van der Waals surface area contributed by atoms with Crippen molar-refractivity contribution >= 4 is 18.3 Å². The van der Waals surface area contributed by atoms with Gasteiger partial charge in [-0.1, -0.05) is 12.8 Å². The molecule has 0 spiro atoms. The van der Waals surface area contributed by atoms with E-state index >= 15 is 0 Å². The molecule has 0 radical (unpaired) electrons. The van der Waals surface area contributed by atoms with Gasteiger partial charge in [0.1, 0.15) is 0 Å². The molecule has 1 rings (SSSR count). The second-order valence-corrected chi connectivity index (χ2v) is 5.68. The summed E-state index contributed by atoms with van der Waals surface area (Å²) in [4.78, 5) is 13.8. The molecule has 2 unspecified atom stereocenters. The molecule has 0 heterocycles. The standard InChI is InChI=1S/C14H29N3O2.ClH/c1-17(2)8-10-19-9-7-16-14(18)11-12-5-3-4-6-13(12)15;/h12-13H,3-11,15H2,1-2H3,(H,16,18);1H. The van der Waals surface area contributed by atoms with Crippen LogP contribution in [0.2, 0.25) is 0 Å². The molecule has 0 bridgehead atoms. The first-order valence-electron chi connectivity index (χ1n) is 7.34. The van der Waals surface area contributed by atoms with E-state index in [0.29, 0.717) is 32.1 Å². The third-order valence-corrected chi connectivity index (χ3v) is 3.67. The van der Waals surface area contributed by atoms with Crippen LogP contribution < -0.4 is 11.1 Å². The van der Waals surface area contributed by atoms with Crippen LogP contribution in [0.25, 0.3) is 0 Å². The Morgan fingerprint density at radius 2 is 2.00 bits per heavy atom. The zero-order valence-electron chi connectivity index (χ0n) is 12.8. The molecular formula is C14H30ClN3O2. The van der Waals surface area contributed by atoms with Crippen molar-refractivity contribution < 1.29 is 9.53 Å². The van der Waals surface area contributed by atoms with Crippen molar-refractivity contribution in [1.29, 1.82) is 0 Å². The van der Waals surface area contributed by atoms with E-state index in [1.807, 2.05) is 14.1 Å². The summed E-state index contributed by atoms with van der Waals surface area (Å²) in [6.07, 6.45) is 5.14. The Labute approximate surface area is 129 Å². The lowest BCUT2D eigenvalue weighted by Gasteiger charge is -2.27. The smallest absolute Gasteiger partial charge is 0.220 e. The second kappa shape index (κ2) is 11.3. The minimum absolute atomic E-state index is 0. The number of likely N-dealkylation sites (N-methyl/N-ethyl adjacent to an activating group) is 1. The molecule has 0 aromatic heterocycles. The lowest BCUT2D eigenvalue weighted by Crippen LogP contribution is -2.37. The summed E-state index contributed by atoms with van der Waals surface area (Å²) in [6, 6.07) is 0.204. The highest BCUT2D eigenvalue weighted by Crippen LogP contribution is 2.25. The van der Waals surface area contributed by atoms with Gasteiger partial charge in [-0.3, -0.25) is 4.79 Å². The molecule has 6 heteroatoms. The Balaban J connectivity index is 0.00000361. The van der Waals surface area contributed by atoms with Gasteiger partial charge in [-0.2, -0.15) is 0 Å². The van der Waals surface area contributed by atoms with E-state index in [-0.39, 0.29) is 24.4 Å².